The number of amides is 1. The fourth-order valence-electron chi connectivity index (χ4n) is 3.71. The lowest BCUT2D eigenvalue weighted by molar-refractivity contribution is -0.255. The number of carboxylic acids is 1. The minimum atomic E-state index is -1.21. The summed E-state index contributed by atoms with van der Waals surface area (Å²) < 4.78 is 0. The lowest BCUT2D eigenvalue weighted by Crippen LogP contribution is -2.40. The normalized spacial score (nSPS) is 20.6. The molecular weight excluding hydrogens is 384 g/mol. The second-order valence-electron chi connectivity index (χ2n) is 7.22. The highest BCUT2D eigenvalue weighted by atomic mass is 32.2. The Hall–Kier alpha value is -2.86. The first-order valence-corrected chi connectivity index (χ1v) is 10.6. The SMILES string of the molecule is O=C([O-])c1ccc(/C=C2\SC(=Nc3ccccc3)N(C3CCCCC3)C2=O)cc1. The quantitative estimate of drug-likeness (QED) is 0.721. The van der Waals surface area contributed by atoms with Gasteiger partial charge in [-0.05, 0) is 53.9 Å². The number of carboxylic acid groups (broad SMARTS) is 1. The number of para-hydroxylation sites is 1. The number of hydrogen-bond donors (Lipinski definition) is 0. The lowest BCUT2D eigenvalue weighted by Gasteiger charge is -2.30. The summed E-state index contributed by atoms with van der Waals surface area (Å²) in [4.78, 5) is 31.4. The van der Waals surface area contributed by atoms with Crippen LogP contribution in [-0.2, 0) is 4.79 Å². The van der Waals surface area contributed by atoms with Crippen LogP contribution in [0.25, 0.3) is 6.08 Å². The smallest absolute Gasteiger partial charge is 0.267 e. The molecule has 2 aliphatic rings. The monoisotopic (exact) mass is 405 g/mol. The van der Waals surface area contributed by atoms with Gasteiger partial charge in [-0.3, -0.25) is 9.69 Å². The zero-order valence-corrected chi connectivity index (χ0v) is 16.7. The average molecular weight is 405 g/mol. The Morgan fingerprint density at radius 3 is 2.38 bits per heavy atom. The van der Waals surface area contributed by atoms with Crippen molar-refractivity contribution in [2.24, 2.45) is 4.99 Å². The first-order valence-electron chi connectivity index (χ1n) is 9.80. The van der Waals surface area contributed by atoms with Crippen LogP contribution in [0.4, 0.5) is 5.69 Å². The highest BCUT2D eigenvalue weighted by Gasteiger charge is 2.38. The molecule has 4 rings (SSSR count). The molecule has 1 saturated heterocycles. The van der Waals surface area contributed by atoms with Gasteiger partial charge in [0.2, 0.25) is 0 Å². The van der Waals surface area contributed by atoms with Crippen molar-refractivity contribution >= 4 is 40.6 Å². The van der Waals surface area contributed by atoms with E-state index in [-0.39, 0.29) is 17.5 Å². The third kappa shape index (κ3) is 4.43. The number of carbonyl (C=O) groups excluding carboxylic acids is 2. The maximum Gasteiger partial charge on any atom is 0.267 e. The second-order valence-corrected chi connectivity index (χ2v) is 8.23. The molecule has 5 nitrogen and oxygen atoms in total. The molecule has 0 aromatic heterocycles. The summed E-state index contributed by atoms with van der Waals surface area (Å²) in [6.07, 6.45) is 7.25. The summed E-state index contributed by atoms with van der Waals surface area (Å²) >= 11 is 1.38. The molecule has 1 amide bonds. The highest BCUT2D eigenvalue weighted by molar-refractivity contribution is 8.18. The molecule has 1 aliphatic carbocycles. The fraction of sp³-hybridized carbons (Fsp3) is 0.261. The van der Waals surface area contributed by atoms with E-state index in [1.165, 1.54) is 30.3 Å². The van der Waals surface area contributed by atoms with E-state index in [0.717, 1.165) is 36.9 Å². The molecule has 2 fully saturated rings. The van der Waals surface area contributed by atoms with Crippen LogP contribution in [0.1, 0.15) is 48.0 Å². The Kier molecular flexibility index (Phi) is 5.81. The van der Waals surface area contributed by atoms with E-state index in [2.05, 4.69) is 0 Å². The van der Waals surface area contributed by atoms with Crippen molar-refractivity contribution in [3.05, 3.63) is 70.6 Å². The van der Waals surface area contributed by atoms with E-state index in [0.29, 0.717) is 10.1 Å². The van der Waals surface area contributed by atoms with Crippen LogP contribution >= 0.6 is 11.8 Å². The number of carbonyl (C=O) groups is 2. The second kappa shape index (κ2) is 8.66. The van der Waals surface area contributed by atoms with E-state index in [9.17, 15) is 14.7 Å². The maximum atomic E-state index is 13.2. The number of nitrogens with zero attached hydrogens (tertiary/aromatic N) is 2. The van der Waals surface area contributed by atoms with Crippen molar-refractivity contribution in [3.8, 4) is 0 Å². The molecule has 0 atom stereocenters. The Morgan fingerprint density at radius 2 is 1.72 bits per heavy atom. The van der Waals surface area contributed by atoms with Gasteiger partial charge < -0.3 is 9.90 Å². The molecule has 0 spiro atoms. The molecule has 29 heavy (non-hydrogen) atoms. The van der Waals surface area contributed by atoms with Gasteiger partial charge >= 0.3 is 0 Å². The van der Waals surface area contributed by atoms with Gasteiger partial charge in [0, 0.05) is 6.04 Å². The molecule has 0 radical (unpaired) electrons. The maximum absolute atomic E-state index is 13.2. The largest absolute Gasteiger partial charge is 0.545 e. The zero-order chi connectivity index (χ0) is 20.2. The summed E-state index contributed by atoms with van der Waals surface area (Å²) in [5.41, 5.74) is 1.71. The van der Waals surface area contributed by atoms with Crippen LogP contribution in [0.3, 0.4) is 0 Å². The van der Waals surface area contributed by atoms with Crippen LogP contribution in [0.5, 0.6) is 0 Å². The van der Waals surface area contributed by atoms with Crippen molar-refractivity contribution in [1.82, 2.24) is 4.90 Å². The van der Waals surface area contributed by atoms with Gasteiger partial charge in [-0.25, -0.2) is 4.99 Å². The molecule has 148 valence electrons. The van der Waals surface area contributed by atoms with E-state index in [1.54, 1.807) is 18.2 Å². The Bertz CT molecular complexity index is 961. The van der Waals surface area contributed by atoms with Gasteiger partial charge in [0.1, 0.15) is 0 Å². The molecule has 1 heterocycles. The number of hydrogen-bond acceptors (Lipinski definition) is 5. The summed E-state index contributed by atoms with van der Waals surface area (Å²) in [7, 11) is 0. The summed E-state index contributed by atoms with van der Waals surface area (Å²) in [5, 5.41) is 11.6. The van der Waals surface area contributed by atoms with Crippen LogP contribution in [-0.4, -0.2) is 28.0 Å². The van der Waals surface area contributed by atoms with Crippen LogP contribution < -0.4 is 5.11 Å². The number of benzene rings is 2. The van der Waals surface area contributed by atoms with E-state index < -0.39 is 5.97 Å². The van der Waals surface area contributed by atoms with Crippen molar-refractivity contribution in [2.45, 2.75) is 38.1 Å². The van der Waals surface area contributed by atoms with Crippen molar-refractivity contribution < 1.29 is 14.7 Å². The van der Waals surface area contributed by atoms with Crippen molar-refractivity contribution in [3.63, 3.8) is 0 Å². The number of aliphatic imine (C=N–C) groups is 1. The minimum absolute atomic E-state index is 0.0273. The number of aromatic carboxylic acids is 1. The fourth-order valence-corrected chi connectivity index (χ4v) is 4.76. The van der Waals surface area contributed by atoms with Gasteiger partial charge in [0.25, 0.3) is 5.91 Å². The topological polar surface area (TPSA) is 72.8 Å². The molecule has 2 aromatic rings. The molecule has 0 bridgehead atoms. The molecule has 1 aliphatic heterocycles. The van der Waals surface area contributed by atoms with Crippen molar-refractivity contribution in [2.75, 3.05) is 0 Å². The van der Waals surface area contributed by atoms with Gasteiger partial charge in [-0.2, -0.15) is 0 Å². The summed E-state index contributed by atoms with van der Waals surface area (Å²) in [5.74, 6) is -1.24. The summed E-state index contributed by atoms with van der Waals surface area (Å²) in [6.45, 7) is 0. The third-order valence-corrected chi connectivity index (χ3v) is 6.18. The standard InChI is InChI=1S/C23H22N2O3S/c26-21-20(15-16-11-13-17(14-12-16)22(27)28)29-23(24-18-7-3-1-4-8-18)25(21)19-9-5-2-6-10-19/h1,3-4,7-8,11-15,19H,2,5-6,9-10H2,(H,27,28)/p-1/b20-15-,24-23?. The predicted octanol–water partition coefficient (Wildman–Crippen LogP) is 3.99. The molecule has 0 N–H and O–H groups in total. The van der Waals surface area contributed by atoms with Gasteiger partial charge in [0.15, 0.2) is 5.17 Å². The van der Waals surface area contributed by atoms with Crippen LogP contribution in [0.15, 0.2) is 64.5 Å². The zero-order valence-electron chi connectivity index (χ0n) is 15.9. The Morgan fingerprint density at radius 1 is 1.03 bits per heavy atom. The van der Waals surface area contributed by atoms with Crippen molar-refractivity contribution in [1.29, 1.82) is 0 Å². The molecule has 1 saturated carbocycles. The number of amidine groups is 1. The van der Waals surface area contributed by atoms with E-state index in [4.69, 9.17) is 4.99 Å². The van der Waals surface area contributed by atoms with Crippen LogP contribution in [0.2, 0.25) is 0 Å². The molecule has 0 unspecified atom stereocenters. The third-order valence-electron chi connectivity index (χ3n) is 5.20. The first-order chi connectivity index (χ1) is 14.1. The lowest BCUT2D eigenvalue weighted by atomic mass is 9.94. The Labute approximate surface area is 174 Å². The molecule has 2 aromatic carbocycles. The van der Waals surface area contributed by atoms with Gasteiger partial charge in [0.05, 0.1) is 16.6 Å². The van der Waals surface area contributed by atoms with Gasteiger partial charge in [-0.1, -0.05) is 61.7 Å². The molecule has 6 heteroatoms. The van der Waals surface area contributed by atoms with Crippen LogP contribution in [0, 0.1) is 0 Å². The van der Waals surface area contributed by atoms with Gasteiger partial charge in [-0.15, -0.1) is 0 Å². The number of rotatable bonds is 4. The number of thioether (sulfide) groups is 1. The Balaban J connectivity index is 1.66. The van der Waals surface area contributed by atoms with E-state index >= 15 is 0 Å². The average Bonchev–Trinajstić information content (AvgIpc) is 3.04. The summed E-state index contributed by atoms with van der Waals surface area (Å²) in [6, 6.07) is 16.2. The minimum Gasteiger partial charge on any atom is -0.545 e. The predicted molar refractivity (Wildman–Crippen MR) is 114 cm³/mol. The first kappa shape index (κ1) is 19.5. The molecular formula is C23H21N2O3S-. The van der Waals surface area contributed by atoms with E-state index in [1.807, 2.05) is 35.2 Å². The highest BCUT2D eigenvalue weighted by Crippen LogP contribution is 2.38.